The summed E-state index contributed by atoms with van der Waals surface area (Å²) in [6.45, 7) is 8.21. The molecule has 0 spiro atoms. The Morgan fingerprint density at radius 3 is 2.57 bits per heavy atom. The predicted molar refractivity (Wildman–Crippen MR) is 87.0 cm³/mol. The molecule has 1 heterocycles. The van der Waals surface area contributed by atoms with Gasteiger partial charge in [0, 0.05) is 6.54 Å². The van der Waals surface area contributed by atoms with Gasteiger partial charge in [0.1, 0.15) is 0 Å². The van der Waals surface area contributed by atoms with E-state index < -0.39 is 0 Å². The summed E-state index contributed by atoms with van der Waals surface area (Å²) < 4.78 is 0. The normalized spacial score (nSPS) is 23.2. The molecule has 1 saturated heterocycles. The fraction of sp³-hybridized carbons (Fsp3) is 0.611. The van der Waals surface area contributed by atoms with Crippen LogP contribution >= 0.6 is 0 Å². The van der Waals surface area contributed by atoms with E-state index in [2.05, 4.69) is 43.5 Å². The third kappa shape index (κ3) is 3.46. The molecule has 2 rings (SSSR count). The molecule has 0 aliphatic carbocycles. The van der Waals surface area contributed by atoms with Crippen molar-refractivity contribution in [1.82, 2.24) is 10.6 Å². The minimum atomic E-state index is -0.249. The Morgan fingerprint density at radius 2 is 2.05 bits per heavy atom. The molecule has 1 aliphatic rings. The first-order valence-corrected chi connectivity index (χ1v) is 8.17. The van der Waals surface area contributed by atoms with Crippen LogP contribution in [0.4, 0.5) is 0 Å². The first kappa shape index (κ1) is 16.0. The third-order valence-electron chi connectivity index (χ3n) is 4.83. The lowest BCUT2D eigenvalue weighted by Gasteiger charge is -2.33. The van der Waals surface area contributed by atoms with Crippen LogP contribution in [0.25, 0.3) is 0 Å². The van der Waals surface area contributed by atoms with Gasteiger partial charge in [-0.2, -0.15) is 0 Å². The van der Waals surface area contributed by atoms with Gasteiger partial charge in [-0.15, -0.1) is 0 Å². The van der Waals surface area contributed by atoms with Crippen molar-refractivity contribution in [2.24, 2.45) is 11.3 Å². The van der Waals surface area contributed by atoms with Crippen molar-refractivity contribution in [2.45, 2.75) is 46.1 Å². The molecule has 2 unspecified atom stereocenters. The third-order valence-corrected chi connectivity index (χ3v) is 4.83. The van der Waals surface area contributed by atoms with Gasteiger partial charge in [-0.1, -0.05) is 57.5 Å². The molecule has 1 fully saturated rings. The first-order valence-electron chi connectivity index (χ1n) is 8.17. The average Bonchev–Trinajstić information content (AvgIpc) is 2.98. The van der Waals surface area contributed by atoms with Gasteiger partial charge >= 0.3 is 0 Å². The molecule has 3 nitrogen and oxygen atoms in total. The second kappa shape index (κ2) is 7.08. The lowest BCUT2D eigenvalue weighted by molar-refractivity contribution is -0.133. The molecule has 2 N–H and O–H groups in total. The van der Waals surface area contributed by atoms with Crippen LogP contribution in [0.3, 0.4) is 0 Å². The standard InChI is InChI=1S/C18H28N2O/c1-4-8-16(15-9-6-5-7-10-15)20-17(21)18(14(2)3)11-12-19-13-18/h5-7,9-10,14,16,19H,4,8,11-13H2,1-3H3,(H,20,21). The van der Waals surface area contributed by atoms with Gasteiger partial charge in [-0.05, 0) is 30.9 Å². The van der Waals surface area contributed by atoms with Crippen LogP contribution < -0.4 is 10.6 Å². The molecular weight excluding hydrogens is 260 g/mol. The lowest BCUT2D eigenvalue weighted by atomic mass is 9.75. The highest BCUT2D eigenvalue weighted by molar-refractivity contribution is 5.84. The van der Waals surface area contributed by atoms with E-state index in [1.807, 2.05) is 18.2 Å². The first-order chi connectivity index (χ1) is 10.1. The zero-order valence-corrected chi connectivity index (χ0v) is 13.5. The van der Waals surface area contributed by atoms with Gasteiger partial charge in [0.25, 0.3) is 0 Å². The number of carbonyl (C=O) groups excluding carboxylic acids is 1. The Balaban J connectivity index is 2.14. The number of hydrogen-bond acceptors (Lipinski definition) is 2. The van der Waals surface area contributed by atoms with Crippen molar-refractivity contribution >= 4 is 5.91 Å². The summed E-state index contributed by atoms with van der Waals surface area (Å²) in [5.41, 5.74) is 0.957. The Labute approximate surface area is 128 Å². The fourth-order valence-electron chi connectivity index (χ4n) is 3.26. The summed E-state index contributed by atoms with van der Waals surface area (Å²) in [7, 11) is 0. The highest BCUT2D eigenvalue weighted by Gasteiger charge is 2.44. The molecule has 0 aromatic heterocycles. The van der Waals surface area contributed by atoms with E-state index in [1.54, 1.807) is 0 Å². The van der Waals surface area contributed by atoms with E-state index in [0.717, 1.165) is 32.4 Å². The van der Waals surface area contributed by atoms with Crippen LogP contribution in [0.1, 0.15) is 51.6 Å². The van der Waals surface area contributed by atoms with Crippen LogP contribution in [0.15, 0.2) is 30.3 Å². The van der Waals surface area contributed by atoms with Gasteiger partial charge in [-0.25, -0.2) is 0 Å². The number of carbonyl (C=O) groups is 1. The number of benzene rings is 1. The summed E-state index contributed by atoms with van der Waals surface area (Å²) in [5.74, 6) is 0.565. The van der Waals surface area contributed by atoms with E-state index in [-0.39, 0.29) is 17.4 Å². The molecule has 0 saturated carbocycles. The van der Waals surface area contributed by atoms with Crippen LogP contribution in [0, 0.1) is 11.3 Å². The largest absolute Gasteiger partial charge is 0.349 e. The molecule has 1 aromatic rings. The van der Waals surface area contributed by atoms with Crippen molar-refractivity contribution in [3.63, 3.8) is 0 Å². The molecule has 3 heteroatoms. The number of amides is 1. The Morgan fingerprint density at radius 1 is 1.33 bits per heavy atom. The van der Waals surface area contributed by atoms with Crippen molar-refractivity contribution < 1.29 is 4.79 Å². The molecule has 21 heavy (non-hydrogen) atoms. The predicted octanol–water partition coefficient (Wildman–Crippen LogP) is 3.28. The second-order valence-corrected chi connectivity index (χ2v) is 6.46. The summed E-state index contributed by atoms with van der Waals surface area (Å²) >= 11 is 0. The molecular formula is C18H28N2O. The Kier molecular flexibility index (Phi) is 5.40. The van der Waals surface area contributed by atoms with Gasteiger partial charge < -0.3 is 10.6 Å². The minimum absolute atomic E-state index is 0.125. The molecule has 0 bridgehead atoms. The minimum Gasteiger partial charge on any atom is -0.349 e. The quantitative estimate of drug-likeness (QED) is 0.843. The van der Waals surface area contributed by atoms with Crippen molar-refractivity contribution in [1.29, 1.82) is 0 Å². The van der Waals surface area contributed by atoms with Gasteiger partial charge in [-0.3, -0.25) is 4.79 Å². The second-order valence-electron chi connectivity index (χ2n) is 6.46. The summed E-state index contributed by atoms with van der Waals surface area (Å²) in [6.07, 6.45) is 2.98. The molecule has 1 aliphatic heterocycles. The van der Waals surface area contributed by atoms with Crippen LogP contribution in [0.2, 0.25) is 0 Å². The topological polar surface area (TPSA) is 41.1 Å². The van der Waals surface area contributed by atoms with Crippen LogP contribution in [-0.2, 0) is 4.79 Å². The van der Waals surface area contributed by atoms with E-state index >= 15 is 0 Å². The zero-order chi connectivity index (χ0) is 15.3. The number of nitrogens with one attached hydrogen (secondary N) is 2. The van der Waals surface area contributed by atoms with Gasteiger partial charge in [0.2, 0.25) is 5.91 Å². The maximum Gasteiger partial charge on any atom is 0.228 e. The van der Waals surface area contributed by atoms with Crippen molar-refractivity contribution in [2.75, 3.05) is 13.1 Å². The number of hydrogen-bond donors (Lipinski definition) is 2. The molecule has 2 atom stereocenters. The van der Waals surface area contributed by atoms with E-state index in [4.69, 9.17) is 0 Å². The summed E-state index contributed by atoms with van der Waals surface area (Å²) in [4.78, 5) is 12.9. The molecule has 1 amide bonds. The SMILES string of the molecule is CCCC(NC(=O)C1(C(C)C)CCNC1)c1ccccc1. The van der Waals surface area contributed by atoms with E-state index in [1.165, 1.54) is 5.56 Å². The maximum atomic E-state index is 12.9. The molecule has 1 aromatic carbocycles. The highest BCUT2D eigenvalue weighted by Crippen LogP contribution is 2.35. The monoisotopic (exact) mass is 288 g/mol. The fourth-order valence-corrected chi connectivity index (χ4v) is 3.26. The van der Waals surface area contributed by atoms with Crippen molar-refractivity contribution in [3.8, 4) is 0 Å². The lowest BCUT2D eigenvalue weighted by Crippen LogP contribution is -2.47. The average molecular weight is 288 g/mol. The van der Waals surface area contributed by atoms with E-state index in [9.17, 15) is 4.79 Å². The highest BCUT2D eigenvalue weighted by atomic mass is 16.2. The smallest absolute Gasteiger partial charge is 0.228 e. The Hall–Kier alpha value is -1.35. The maximum absolute atomic E-state index is 12.9. The van der Waals surface area contributed by atoms with Gasteiger partial charge in [0.05, 0.1) is 11.5 Å². The number of rotatable bonds is 6. The van der Waals surface area contributed by atoms with Crippen molar-refractivity contribution in [3.05, 3.63) is 35.9 Å². The summed E-state index contributed by atoms with van der Waals surface area (Å²) in [5, 5.41) is 6.68. The van der Waals surface area contributed by atoms with Gasteiger partial charge in [0.15, 0.2) is 0 Å². The van der Waals surface area contributed by atoms with Crippen LogP contribution in [-0.4, -0.2) is 19.0 Å². The summed E-state index contributed by atoms with van der Waals surface area (Å²) in [6, 6.07) is 10.4. The van der Waals surface area contributed by atoms with Crippen LogP contribution in [0.5, 0.6) is 0 Å². The zero-order valence-electron chi connectivity index (χ0n) is 13.5. The molecule has 116 valence electrons. The van der Waals surface area contributed by atoms with E-state index in [0.29, 0.717) is 5.92 Å². The Bertz CT molecular complexity index is 450. The molecule has 0 radical (unpaired) electrons.